The van der Waals surface area contributed by atoms with E-state index in [1.54, 1.807) is 0 Å². The second-order valence-corrected chi connectivity index (χ2v) is 14.5. The van der Waals surface area contributed by atoms with Crippen molar-refractivity contribution in [3.8, 4) is 0 Å². The van der Waals surface area contributed by atoms with E-state index in [-0.39, 0.29) is 46.2 Å². The van der Waals surface area contributed by atoms with Crippen molar-refractivity contribution < 1.29 is 24.9 Å². The molecule has 5 nitrogen and oxygen atoms in total. The highest BCUT2D eigenvalue weighted by molar-refractivity contribution is 5.89. The number of fused-ring (bicyclic) bond motifs is 7. The fourth-order valence-corrected chi connectivity index (χ4v) is 11.4. The molecule has 0 radical (unpaired) electrons. The van der Waals surface area contributed by atoms with Gasteiger partial charge in [0.2, 0.25) is 0 Å². The van der Waals surface area contributed by atoms with Gasteiger partial charge in [0.1, 0.15) is 6.10 Å². The van der Waals surface area contributed by atoms with Gasteiger partial charge in [-0.2, -0.15) is 0 Å². The summed E-state index contributed by atoms with van der Waals surface area (Å²) in [5.74, 6) is -0.0442. The smallest absolute Gasteiger partial charge is 0.309 e. The van der Waals surface area contributed by atoms with Gasteiger partial charge < -0.3 is 15.3 Å². The summed E-state index contributed by atoms with van der Waals surface area (Å²) in [6, 6.07) is 0. The molecule has 196 valence electrons. The summed E-state index contributed by atoms with van der Waals surface area (Å²) in [4.78, 5) is 25.8. The fraction of sp³-hybridized carbons (Fsp3) is 0.867. The Morgan fingerprint density at radius 1 is 0.971 bits per heavy atom. The molecule has 0 aliphatic heterocycles. The van der Waals surface area contributed by atoms with Gasteiger partial charge >= 0.3 is 5.97 Å². The van der Waals surface area contributed by atoms with Gasteiger partial charge in [-0.25, -0.2) is 0 Å². The molecule has 5 rings (SSSR count). The van der Waals surface area contributed by atoms with Gasteiger partial charge in [0.05, 0.1) is 11.5 Å². The average molecular weight is 487 g/mol. The van der Waals surface area contributed by atoms with E-state index < -0.39 is 34.4 Å². The lowest BCUT2D eigenvalue weighted by Gasteiger charge is -2.73. The third-order valence-corrected chi connectivity index (χ3v) is 13.3. The Bertz CT molecular complexity index is 970. The lowest BCUT2D eigenvalue weighted by Crippen LogP contribution is -2.71. The molecule has 11 atom stereocenters. The zero-order valence-electron chi connectivity index (χ0n) is 22.6. The summed E-state index contributed by atoms with van der Waals surface area (Å²) in [7, 11) is 0. The molecule has 0 saturated heterocycles. The first-order valence-electron chi connectivity index (χ1n) is 13.9. The maximum absolute atomic E-state index is 13.0. The largest absolute Gasteiger partial charge is 0.481 e. The molecule has 5 saturated carbocycles. The molecule has 3 N–H and O–H groups in total. The van der Waals surface area contributed by atoms with Crippen LogP contribution in [0.3, 0.4) is 0 Å². The van der Waals surface area contributed by atoms with Crippen LogP contribution in [-0.2, 0) is 9.59 Å². The van der Waals surface area contributed by atoms with E-state index in [1.165, 1.54) is 0 Å². The minimum Gasteiger partial charge on any atom is -0.481 e. The number of carboxylic acids is 1. The summed E-state index contributed by atoms with van der Waals surface area (Å²) >= 11 is 0. The van der Waals surface area contributed by atoms with Crippen LogP contribution in [-0.4, -0.2) is 39.3 Å². The number of rotatable bonds is 2. The van der Waals surface area contributed by atoms with E-state index in [2.05, 4.69) is 34.3 Å². The van der Waals surface area contributed by atoms with E-state index in [0.29, 0.717) is 19.3 Å². The summed E-state index contributed by atoms with van der Waals surface area (Å²) in [6.07, 6.45) is 4.46. The quantitative estimate of drug-likeness (QED) is 0.464. The van der Waals surface area contributed by atoms with Crippen LogP contribution >= 0.6 is 0 Å². The van der Waals surface area contributed by atoms with Crippen molar-refractivity contribution in [3.05, 3.63) is 12.2 Å². The van der Waals surface area contributed by atoms with Gasteiger partial charge in [-0.1, -0.05) is 46.8 Å². The molecule has 0 aromatic rings. The monoisotopic (exact) mass is 486 g/mol. The molecule has 35 heavy (non-hydrogen) atoms. The zero-order valence-corrected chi connectivity index (χ0v) is 22.6. The number of Topliss-reactive ketones (excluding diaryl/α,β-unsaturated/α-hetero) is 1. The summed E-state index contributed by atoms with van der Waals surface area (Å²) in [6.45, 7) is 17.1. The summed E-state index contributed by atoms with van der Waals surface area (Å²) in [5.41, 5.74) is -1.11. The highest BCUT2D eigenvalue weighted by Crippen LogP contribution is 2.77. The average Bonchev–Trinajstić information content (AvgIpc) is 3.17. The number of hydrogen-bond acceptors (Lipinski definition) is 4. The summed E-state index contributed by atoms with van der Waals surface area (Å²) in [5, 5.41) is 33.4. The molecule has 0 spiro atoms. The van der Waals surface area contributed by atoms with E-state index >= 15 is 0 Å². The number of ketones is 1. The van der Waals surface area contributed by atoms with Gasteiger partial charge in [-0.3, -0.25) is 9.59 Å². The Kier molecular flexibility index (Phi) is 5.40. The van der Waals surface area contributed by atoms with Crippen LogP contribution < -0.4 is 0 Å². The Labute approximate surface area is 210 Å². The number of allylic oxidation sites excluding steroid dienone is 1. The number of aliphatic carboxylic acids is 1. The molecule has 5 heteroatoms. The van der Waals surface area contributed by atoms with Crippen molar-refractivity contribution in [1.82, 2.24) is 0 Å². The third kappa shape index (κ3) is 2.83. The molecule has 0 amide bonds. The minimum absolute atomic E-state index is 0.0236. The van der Waals surface area contributed by atoms with Crippen LogP contribution in [0.2, 0.25) is 0 Å². The Morgan fingerprint density at radius 3 is 2.23 bits per heavy atom. The normalized spacial score (nSPS) is 54.7. The van der Waals surface area contributed by atoms with Crippen LogP contribution in [0.5, 0.6) is 0 Å². The van der Waals surface area contributed by atoms with Gasteiger partial charge in [0, 0.05) is 10.8 Å². The first-order valence-corrected chi connectivity index (χ1v) is 13.9. The van der Waals surface area contributed by atoms with Crippen LogP contribution in [0.4, 0.5) is 0 Å². The molecule has 5 aliphatic carbocycles. The predicted octanol–water partition coefficient (Wildman–Crippen LogP) is 5.24. The van der Waals surface area contributed by atoms with Crippen molar-refractivity contribution in [2.45, 2.75) is 105 Å². The van der Waals surface area contributed by atoms with Crippen molar-refractivity contribution >= 4 is 11.8 Å². The van der Waals surface area contributed by atoms with Crippen LogP contribution in [0.25, 0.3) is 0 Å². The second-order valence-electron chi connectivity index (χ2n) is 14.5. The number of aliphatic hydroxyl groups is 2. The van der Waals surface area contributed by atoms with E-state index in [4.69, 9.17) is 0 Å². The van der Waals surface area contributed by atoms with Crippen LogP contribution in [0.15, 0.2) is 12.2 Å². The Hall–Kier alpha value is -1.20. The van der Waals surface area contributed by atoms with E-state index in [1.807, 2.05) is 13.8 Å². The minimum atomic E-state index is -0.954. The number of carboxylic acid groups (broad SMARTS) is 1. The van der Waals surface area contributed by atoms with Gasteiger partial charge in [-0.15, -0.1) is 0 Å². The Morgan fingerprint density at radius 2 is 1.63 bits per heavy atom. The second kappa shape index (κ2) is 7.43. The highest BCUT2D eigenvalue weighted by atomic mass is 16.4. The maximum Gasteiger partial charge on any atom is 0.309 e. The number of carbonyl (C=O) groups excluding carboxylic acids is 1. The molecule has 0 aromatic heterocycles. The van der Waals surface area contributed by atoms with Gasteiger partial charge in [0.15, 0.2) is 5.78 Å². The van der Waals surface area contributed by atoms with Crippen molar-refractivity contribution in [1.29, 1.82) is 0 Å². The van der Waals surface area contributed by atoms with E-state index in [9.17, 15) is 24.9 Å². The van der Waals surface area contributed by atoms with Crippen LogP contribution in [0.1, 0.15) is 92.9 Å². The van der Waals surface area contributed by atoms with Crippen molar-refractivity contribution in [2.75, 3.05) is 0 Å². The standard InChI is InChI=1S/C30H46O5/c1-16(2)17-10-11-30(25(34)35)13-12-28(6)18(23(17)30)8-9-20-27(5)15-19(31)24(33)26(3,4)21(27)14-22(32)29(20,28)7/h17-23,31-32H,1,8-15H2,2-7H3,(H,34,35)/t17-,18+,19+,20+,21-,22-,23+,27+,28+,29-,30-/m0/s1. The lowest BCUT2D eigenvalue weighted by molar-refractivity contribution is -0.276. The molecule has 0 aromatic carbocycles. The van der Waals surface area contributed by atoms with Crippen molar-refractivity contribution in [2.24, 2.45) is 56.7 Å². The van der Waals surface area contributed by atoms with Crippen molar-refractivity contribution in [3.63, 3.8) is 0 Å². The molecular weight excluding hydrogens is 440 g/mol. The third-order valence-electron chi connectivity index (χ3n) is 13.3. The summed E-state index contributed by atoms with van der Waals surface area (Å²) < 4.78 is 0. The Balaban J connectivity index is 1.62. The van der Waals surface area contributed by atoms with Crippen LogP contribution in [0, 0.1) is 56.7 Å². The van der Waals surface area contributed by atoms with Gasteiger partial charge in [0.25, 0.3) is 0 Å². The molecule has 5 fully saturated rings. The first kappa shape index (κ1) is 25.4. The first-order chi connectivity index (χ1) is 16.1. The number of hydrogen-bond donors (Lipinski definition) is 3. The zero-order chi connectivity index (χ0) is 25.9. The molecule has 5 aliphatic rings. The van der Waals surface area contributed by atoms with Gasteiger partial charge in [-0.05, 0) is 98.7 Å². The lowest BCUT2D eigenvalue weighted by atomic mass is 9.31. The number of aliphatic hydroxyl groups excluding tert-OH is 2. The SMILES string of the molecule is C=C(C)[C@@H]1CC[C@]2(C(=O)O)CC[C@]3(C)[C@H](CC[C@@H]4[C@@]5(C)C[C@@H](O)C(=O)C(C)(C)[C@@H]5C[C@H](O)[C@]43C)[C@@H]12. The predicted molar refractivity (Wildman–Crippen MR) is 134 cm³/mol. The van der Waals surface area contributed by atoms with E-state index in [0.717, 1.165) is 37.7 Å². The number of carbonyl (C=O) groups is 2. The highest BCUT2D eigenvalue weighted by Gasteiger charge is 2.74. The fourth-order valence-electron chi connectivity index (χ4n) is 11.4. The topological polar surface area (TPSA) is 94.8 Å². The molecule has 0 bridgehead atoms. The molecule has 0 heterocycles. The maximum atomic E-state index is 13.0. The molecule has 0 unspecified atom stereocenters. The molecular formula is C30H46O5.